The van der Waals surface area contributed by atoms with Gasteiger partial charge in [-0.1, -0.05) is 12.1 Å². The van der Waals surface area contributed by atoms with Gasteiger partial charge in [-0.15, -0.1) is 11.3 Å². The number of benzene rings is 1. The molecule has 0 unspecified atom stereocenters. The Balaban J connectivity index is 1.97. The second-order valence-electron chi connectivity index (χ2n) is 4.36. The Bertz CT molecular complexity index is 783. The molecule has 21 heavy (non-hydrogen) atoms. The Morgan fingerprint density at radius 2 is 2.29 bits per heavy atom. The van der Waals surface area contributed by atoms with Gasteiger partial charge >= 0.3 is 5.97 Å². The number of rotatable bonds is 4. The van der Waals surface area contributed by atoms with E-state index in [-0.39, 0.29) is 11.4 Å². The molecule has 1 N–H and O–H groups in total. The third-order valence-corrected chi connectivity index (χ3v) is 3.64. The Morgan fingerprint density at radius 3 is 2.95 bits per heavy atom. The van der Waals surface area contributed by atoms with Crippen molar-refractivity contribution in [1.82, 2.24) is 14.8 Å². The van der Waals surface area contributed by atoms with Crippen LogP contribution in [-0.2, 0) is 6.54 Å². The summed E-state index contributed by atoms with van der Waals surface area (Å²) in [6.07, 6.45) is 3.03. The van der Waals surface area contributed by atoms with Crippen LogP contribution < -0.4 is 0 Å². The minimum atomic E-state index is -1.06. The SMILES string of the molecule is O=C(O)c1cn(Cc2cccc(F)c2)nc1-c1nccs1. The Kier molecular flexibility index (Phi) is 3.49. The van der Waals surface area contributed by atoms with Crippen molar-refractivity contribution in [3.05, 3.63) is 59.0 Å². The number of aromatic carboxylic acids is 1. The molecule has 3 rings (SSSR count). The normalized spacial score (nSPS) is 10.7. The molecule has 0 saturated heterocycles. The van der Waals surface area contributed by atoms with Gasteiger partial charge < -0.3 is 5.11 Å². The smallest absolute Gasteiger partial charge is 0.339 e. The number of hydrogen-bond acceptors (Lipinski definition) is 4. The fraction of sp³-hybridized carbons (Fsp3) is 0.0714. The predicted molar refractivity (Wildman–Crippen MR) is 75.8 cm³/mol. The summed E-state index contributed by atoms with van der Waals surface area (Å²) >= 11 is 1.32. The van der Waals surface area contributed by atoms with Gasteiger partial charge in [0.1, 0.15) is 22.1 Å². The molecule has 0 radical (unpaired) electrons. The molecule has 0 spiro atoms. The van der Waals surface area contributed by atoms with E-state index in [0.29, 0.717) is 22.8 Å². The molecule has 2 aromatic heterocycles. The first-order chi connectivity index (χ1) is 10.1. The topological polar surface area (TPSA) is 68.0 Å². The van der Waals surface area contributed by atoms with Crippen molar-refractivity contribution >= 4 is 17.3 Å². The van der Waals surface area contributed by atoms with Gasteiger partial charge in [-0.25, -0.2) is 14.2 Å². The number of carboxylic acid groups (broad SMARTS) is 1. The standard InChI is InChI=1S/C14H10FN3O2S/c15-10-3-1-2-9(6-10)7-18-8-11(14(19)20)12(17-18)13-16-4-5-21-13/h1-6,8H,7H2,(H,19,20). The van der Waals surface area contributed by atoms with Gasteiger partial charge in [0.05, 0.1) is 6.54 Å². The van der Waals surface area contributed by atoms with Gasteiger partial charge in [-0.3, -0.25) is 4.68 Å². The van der Waals surface area contributed by atoms with Crippen LogP contribution in [0.1, 0.15) is 15.9 Å². The van der Waals surface area contributed by atoms with Crippen LogP contribution in [0.4, 0.5) is 4.39 Å². The van der Waals surface area contributed by atoms with Gasteiger partial charge in [0.2, 0.25) is 0 Å². The quantitative estimate of drug-likeness (QED) is 0.804. The highest BCUT2D eigenvalue weighted by Crippen LogP contribution is 2.24. The number of hydrogen-bond donors (Lipinski definition) is 1. The molecule has 1 aromatic carbocycles. The summed E-state index contributed by atoms with van der Waals surface area (Å²) in [5.41, 5.74) is 1.12. The summed E-state index contributed by atoms with van der Waals surface area (Å²) in [6.45, 7) is 0.295. The summed E-state index contributed by atoms with van der Waals surface area (Å²) in [5.74, 6) is -1.40. The molecule has 2 heterocycles. The molecular weight excluding hydrogens is 293 g/mol. The van der Waals surface area contributed by atoms with Gasteiger partial charge in [0, 0.05) is 17.8 Å². The molecule has 0 atom stereocenters. The van der Waals surface area contributed by atoms with Crippen molar-refractivity contribution < 1.29 is 14.3 Å². The molecular formula is C14H10FN3O2S. The first-order valence-electron chi connectivity index (χ1n) is 6.08. The van der Waals surface area contributed by atoms with Crippen LogP contribution in [0, 0.1) is 5.82 Å². The average molecular weight is 303 g/mol. The van der Waals surface area contributed by atoms with E-state index >= 15 is 0 Å². The zero-order valence-electron chi connectivity index (χ0n) is 10.7. The van der Waals surface area contributed by atoms with Gasteiger partial charge in [0.15, 0.2) is 0 Å². The summed E-state index contributed by atoms with van der Waals surface area (Å²) in [4.78, 5) is 15.4. The maximum absolute atomic E-state index is 13.2. The molecule has 106 valence electrons. The van der Waals surface area contributed by atoms with Crippen LogP contribution >= 0.6 is 11.3 Å². The molecule has 0 fully saturated rings. The highest BCUT2D eigenvalue weighted by Gasteiger charge is 2.18. The molecule has 0 saturated carbocycles. The summed E-state index contributed by atoms with van der Waals surface area (Å²) in [5, 5.41) is 15.8. The molecule has 0 aliphatic heterocycles. The van der Waals surface area contributed by atoms with Crippen LogP contribution in [0.5, 0.6) is 0 Å². The number of nitrogens with zero attached hydrogens (tertiary/aromatic N) is 3. The molecule has 7 heteroatoms. The fourth-order valence-electron chi connectivity index (χ4n) is 1.98. The highest BCUT2D eigenvalue weighted by molar-refractivity contribution is 7.13. The van der Waals surface area contributed by atoms with Crippen LogP contribution in [0.3, 0.4) is 0 Å². The van der Waals surface area contributed by atoms with Crippen LogP contribution in [-0.4, -0.2) is 25.8 Å². The van der Waals surface area contributed by atoms with Crippen molar-refractivity contribution in [2.24, 2.45) is 0 Å². The summed E-state index contributed by atoms with van der Waals surface area (Å²) in [6, 6.07) is 6.11. The van der Waals surface area contributed by atoms with E-state index in [2.05, 4.69) is 10.1 Å². The third kappa shape index (κ3) is 2.82. The van der Waals surface area contributed by atoms with Crippen LogP contribution in [0.15, 0.2) is 42.0 Å². The lowest BCUT2D eigenvalue weighted by Gasteiger charge is -2.01. The van der Waals surface area contributed by atoms with Crippen molar-refractivity contribution in [2.45, 2.75) is 6.54 Å². The molecule has 0 bridgehead atoms. The van der Waals surface area contributed by atoms with Crippen molar-refractivity contribution in [1.29, 1.82) is 0 Å². The first-order valence-corrected chi connectivity index (χ1v) is 6.96. The van der Waals surface area contributed by atoms with Gasteiger partial charge in [0.25, 0.3) is 0 Å². The van der Waals surface area contributed by atoms with Crippen LogP contribution in [0.25, 0.3) is 10.7 Å². The van der Waals surface area contributed by atoms with E-state index in [1.165, 1.54) is 34.3 Å². The fourth-order valence-corrected chi connectivity index (χ4v) is 2.61. The molecule has 3 aromatic rings. The second kappa shape index (κ2) is 5.45. The van der Waals surface area contributed by atoms with E-state index in [4.69, 9.17) is 0 Å². The maximum Gasteiger partial charge on any atom is 0.339 e. The number of halogens is 1. The minimum Gasteiger partial charge on any atom is -0.478 e. The Hall–Kier alpha value is -2.54. The molecule has 0 amide bonds. The molecule has 5 nitrogen and oxygen atoms in total. The van der Waals surface area contributed by atoms with E-state index in [0.717, 1.165) is 0 Å². The number of carboxylic acids is 1. The Morgan fingerprint density at radius 1 is 1.43 bits per heavy atom. The number of carbonyl (C=O) groups is 1. The largest absolute Gasteiger partial charge is 0.478 e. The average Bonchev–Trinajstić information content (AvgIpc) is 3.06. The number of thiazole rings is 1. The van der Waals surface area contributed by atoms with Crippen molar-refractivity contribution in [3.63, 3.8) is 0 Å². The van der Waals surface area contributed by atoms with E-state index < -0.39 is 5.97 Å². The van der Waals surface area contributed by atoms with E-state index in [1.807, 2.05) is 0 Å². The molecule has 0 aliphatic rings. The first kappa shape index (κ1) is 13.4. The Labute approximate surface area is 123 Å². The molecule has 0 aliphatic carbocycles. The lowest BCUT2D eigenvalue weighted by molar-refractivity contribution is 0.0697. The van der Waals surface area contributed by atoms with Crippen molar-refractivity contribution in [3.8, 4) is 10.7 Å². The van der Waals surface area contributed by atoms with Crippen LogP contribution in [0.2, 0.25) is 0 Å². The van der Waals surface area contributed by atoms with E-state index in [9.17, 15) is 14.3 Å². The second-order valence-corrected chi connectivity index (χ2v) is 5.26. The van der Waals surface area contributed by atoms with Crippen molar-refractivity contribution in [2.75, 3.05) is 0 Å². The summed E-state index contributed by atoms with van der Waals surface area (Å²) < 4.78 is 14.7. The third-order valence-electron chi connectivity index (χ3n) is 2.86. The zero-order valence-corrected chi connectivity index (χ0v) is 11.5. The monoisotopic (exact) mass is 303 g/mol. The minimum absolute atomic E-state index is 0.0846. The van der Waals surface area contributed by atoms with E-state index in [1.54, 1.807) is 23.7 Å². The zero-order chi connectivity index (χ0) is 14.8. The lowest BCUT2D eigenvalue weighted by Crippen LogP contribution is -2.00. The number of aromatic nitrogens is 3. The predicted octanol–water partition coefficient (Wildman–Crippen LogP) is 2.89. The highest BCUT2D eigenvalue weighted by atomic mass is 32.1. The maximum atomic E-state index is 13.2. The van der Waals surface area contributed by atoms with Gasteiger partial charge in [-0.2, -0.15) is 5.10 Å². The lowest BCUT2D eigenvalue weighted by atomic mass is 10.2. The van der Waals surface area contributed by atoms with Gasteiger partial charge in [-0.05, 0) is 17.7 Å². The summed E-state index contributed by atoms with van der Waals surface area (Å²) in [7, 11) is 0.